The molecule has 0 aliphatic carbocycles. The third-order valence-corrected chi connectivity index (χ3v) is 4.24. The van der Waals surface area contributed by atoms with Gasteiger partial charge in [-0.3, -0.25) is 14.7 Å². The van der Waals surface area contributed by atoms with Crippen LogP contribution in [0.15, 0.2) is 48.5 Å². The first-order valence-electron chi connectivity index (χ1n) is 8.28. The molecule has 6 nitrogen and oxygen atoms in total. The van der Waals surface area contributed by atoms with Gasteiger partial charge >= 0.3 is 0 Å². The van der Waals surface area contributed by atoms with E-state index in [9.17, 15) is 9.59 Å². The standard InChI is InChI=1S/C20H18ClN3O3/c1-12-19(13(2)24-23-12)22-18(25)11-27-17-9-5-15(6-10-17)20(26)14-3-7-16(21)8-4-14/h3-10H,11H2,1-2H3,(H,22,25)(H,23,24). The van der Waals surface area contributed by atoms with E-state index in [-0.39, 0.29) is 18.3 Å². The Hall–Kier alpha value is -3.12. The molecular formula is C20H18ClN3O3. The monoisotopic (exact) mass is 383 g/mol. The number of rotatable bonds is 6. The minimum absolute atomic E-state index is 0.109. The molecule has 3 rings (SSSR count). The molecule has 138 valence electrons. The van der Waals surface area contributed by atoms with Gasteiger partial charge in [0.1, 0.15) is 5.75 Å². The third-order valence-electron chi connectivity index (χ3n) is 3.99. The summed E-state index contributed by atoms with van der Waals surface area (Å²) < 4.78 is 5.48. The molecule has 0 aliphatic heterocycles. The zero-order valence-electron chi connectivity index (χ0n) is 14.9. The maximum Gasteiger partial charge on any atom is 0.262 e. The molecule has 2 N–H and O–H groups in total. The van der Waals surface area contributed by atoms with Crippen LogP contribution in [0.25, 0.3) is 0 Å². The van der Waals surface area contributed by atoms with Crippen LogP contribution in [-0.4, -0.2) is 28.5 Å². The van der Waals surface area contributed by atoms with Gasteiger partial charge in [0.05, 0.1) is 17.1 Å². The first-order valence-corrected chi connectivity index (χ1v) is 8.66. The Morgan fingerprint density at radius 2 is 1.63 bits per heavy atom. The molecule has 0 fully saturated rings. The van der Waals surface area contributed by atoms with E-state index in [4.69, 9.17) is 16.3 Å². The molecule has 0 saturated carbocycles. The van der Waals surface area contributed by atoms with Crippen LogP contribution in [0.4, 0.5) is 5.69 Å². The van der Waals surface area contributed by atoms with Gasteiger partial charge in [-0.25, -0.2) is 0 Å². The van der Waals surface area contributed by atoms with E-state index in [1.807, 2.05) is 6.92 Å². The summed E-state index contributed by atoms with van der Waals surface area (Å²) in [7, 11) is 0. The number of aromatic amines is 1. The van der Waals surface area contributed by atoms with Crippen molar-refractivity contribution in [3.8, 4) is 5.75 Å². The molecule has 0 bridgehead atoms. The maximum absolute atomic E-state index is 12.4. The zero-order valence-corrected chi connectivity index (χ0v) is 15.6. The summed E-state index contributed by atoms with van der Waals surface area (Å²) in [6.07, 6.45) is 0. The van der Waals surface area contributed by atoms with Crippen LogP contribution in [0.3, 0.4) is 0 Å². The fourth-order valence-electron chi connectivity index (χ4n) is 2.53. The molecule has 0 saturated heterocycles. The molecule has 7 heteroatoms. The highest BCUT2D eigenvalue weighted by molar-refractivity contribution is 6.30. The van der Waals surface area contributed by atoms with E-state index in [0.29, 0.717) is 33.3 Å². The smallest absolute Gasteiger partial charge is 0.262 e. The topological polar surface area (TPSA) is 84.1 Å². The van der Waals surface area contributed by atoms with E-state index in [2.05, 4.69) is 15.5 Å². The van der Waals surface area contributed by atoms with Crippen LogP contribution >= 0.6 is 11.6 Å². The number of anilines is 1. The molecule has 3 aromatic rings. The Balaban J connectivity index is 1.58. The second-order valence-corrected chi connectivity index (χ2v) is 6.44. The molecule has 1 amide bonds. The van der Waals surface area contributed by atoms with E-state index >= 15 is 0 Å². The van der Waals surface area contributed by atoms with Gasteiger partial charge in [-0.2, -0.15) is 5.10 Å². The SMILES string of the molecule is Cc1n[nH]c(C)c1NC(=O)COc1ccc(C(=O)c2ccc(Cl)cc2)cc1. The summed E-state index contributed by atoms with van der Waals surface area (Å²) in [6.45, 7) is 3.48. The Labute approximate surface area is 161 Å². The summed E-state index contributed by atoms with van der Waals surface area (Å²) in [5, 5.41) is 10.2. The van der Waals surface area contributed by atoms with Gasteiger partial charge in [0.25, 0.3) is 5.91 Å². The van der Waals surface area contributed by atoms with Crippen molar-refractivity contribution < 1.29 is 14.3 Å². The van der Waals surface area contributed by atoms with Gasteiger partial charge in [-0.15, -0.1) is 0 Å². The molecule has 2 aromatic carbocycles. The lowest BCUT2D eigenvalue weighted by atomic mass is 10.0. The number of ketones is 1. The van der Waals surface area contributed by atoms with Gasteiger partial charge in [0.15, 0.2) is 12.4 Å². The predicted molar refractivity (Wildman–Crippen MR) is 104 cm³/mol. The Kier molecular flexibility index (Phi) is 5.57. The molecule has 0 spiro atoms. The van der Waals surface area contributed by atoms with Crippen LogP contribution in [0.2, 0.25) is 5.02 Å². The number of hydrogen-bond acceptors (Lipinski definition) is 4. The number of aromatic nitrogens is 2. The van der Waals surface area contributed by atoms with E-state index in [0.717, 1.165) is 5.69 Å². The number of nitrogens with one attached hydrogen (secondary N) is 2. The Morgan fingerprint density at radius 1 is 1.04 bits per heavy atom. The fraction of sp³-hybridized carbons (Fsp3) is 0.150. The predicted octanol–water partition coefficient (Wildman–Crippen LogP) is 3.93. The molecule has 0 radical (unpaired) electrons. The van der Waals surface area contributed by atoms with E-state index in [1.165, 1.54) is 0 Å². The van der Waals surface area contributed by atoms with E-state index < -0.39 is 0 Å². The lowest BCUT2D eigenvalue weighted by molar-refractivity contribution is -0.118. The number of benzene rings is 2. The number of nitrogens with zero attached hydrogens (tertiary/aromatic N) is 1. The first-order chi connectivity index (χ1) is 12.9. The minimum atomic E-state index is -0.288. The van der Waals surface area contributed by atoms with Gasteiger partial charge < -0.3 is 10.1 Å². The van der Waals surface area contributed by atoms with Crippen LogP contribution < -0.4 is 10.1 Å². The normalized spacial score (nSPS) is 10.5. The summed E-state index contributed by atoms with van der Waals surface area (Å²) in [6, 6.07) is 13.3. The summed E-state index contributed by atoms with van der Waals surface area (Å²) in [5.41, 5.74) is 3.24. The minimum Gasteiger partial charge on any atom is -0.484 e. The second-order valence-electron chi connectivity index (χ2n) is 6.01. The van der Waals surface area contributed by atoms with Crippen molar-refractivity contribution in [2.24, 2.45) is 0 Å². The number of amides is 1. The highest BCUT2D eigenvalue weighted by atomic mass is 35.5. The number of carbonyl (C=O) groups excluding carboxylic acids is 2. The van der Waals surface area contributed by atoms with Crippen LogP contribution in [0, 0.1) is 13.8 Å². The Morgan fingerprint density at radius 3 is 2.19 bits per heavy atom. The van der Waals surface area contributed by atoms with Crippen LogP contribution in [0.1, 0.15) is 27.3 Å². The van der Waals surface area contributed by atoms with Gasteiger partial charge in [0, 0.05) is 16.1 Å². The quantitative estimate of drug-likeness (QED) is 0.632. The average Bonchev–Trinajstić information content (AvgIpc) is 2.99. The van der Waals surface area contributed by atoms with Crippen molar-refractivity contribution in [1.82, 2.24) is 10.2 Å². The maximum atomic E-state index is 12.4. The lowest BCUT2D eigenvalue weighted by Gasteiger charge is -2.08. The van der Waals surface area contributed by atoms with Gasteiger partial charge in [-0.05, 0) is 62.4 Å². The number of halogens is 1. The number of ether oxygens (including phenoxy) is 1. The second kappa shape index (κ2) is 8.05. The van der Waals surface area contributed by atoms with Crippen molar-refractivity contribution in [1.29, 1.82) is 0 Å². The van der Waals surface area contributed by atoms with Gasteiger partial charge in [0.2, 0.25) is 0 Å². The van der Waals surface area contributed by atoms with E-state index in [1.54, 1.807) is 55.5 Å². The zero-order chi connectivity index (χ0) is 19.4. The first kappa shape index (κ1) is 18.7. The largest absolute Gasteiger partial charge is 0.484 e. The fourth-order valence-corrected chi connectivity index (χ4v) is 2.66. The van der Waals surface area contributed by atoms with Crippen molar-refractivity contribution in [2.45, 2.75) is 13.8 Å². The number of hydrogen-bond donors (Lipinski definition) is 2. The van der Waals surface area contributed by atoms with Crippen LogP contribution in [-0.2, 0) is 4.79 Å². The van der Waals surface area contributed by atoms with Crippen molar-refractivity contribution in [2.75, 3.05) is 11.9 Å². The molecule has 27 heavy (non-hydrogen) atoms. The van der Waals surface area contributed by atoms with Crippen molar-refractivity contribution in [3.63, 3.8) is 0 Å². The lowest BCUT2D eigenvalue weighted by Crippen LogP contribution is -2.20. The highest BCUT2D eigenvalue weighted by Crippen LogP contribution is 2.18. The summed E-state index contributed by atoms with van der Waals surface area (Å²) in [4.78, 5) is 24.5. The Bertz CT molecular complexity index is 944. The molecule has 0 unspecified atom stereocenters. The third kappa shape index (κ3) is 4.54. The highest BCUT2D eigenvalue weighted by Gasteiger charge is 2.12. The number of H-pyrrole nitrogens is 1. The molecule has 1 aromatic heterocycles. The van der Waals surface area contributed by atoms with Gasteiger partial charge in [-0.1, -0.05) is 11.6 Å². The van der Waals surface area contributed by atoms with Crippen LogP contribution in [0.5, 0.6) is 5.75 Å². The van der Waals surface area contributed by atoms with Crippen molar-refractivity contribution in [3.05, 3.63) is 76.1 Å². The number of aryl methyl sites for hydroxylation is 2. The molecule has 0 atom stereocenters. The molecule has 0 aliphatic rings. The molecule has 1 heterocycles. The molecular weight excluding hydrogens is 366 g/mol. The van der Waals surface area contributed by atoms with Crippen molar-refractivity contribution >= 4 is 29.0 Å². The number of carbonyl (C=O) groups is 2. The summed E-state index contributed by atoms with van der Waals surface area (Å²) >= 11 is 5.84. The average molecular weight is 384 g/mol. The summed E-state index contributed by atoms with van der Waals surface area (Å²) in [5.74, 6) is 0.101.